The second kappa shape index (κ2) is 12.7. The molecule has 4 heteroatoms. The zero-order valence-electron chi connectivity index (χ0n) is 19.1. The van der Waals surface area contributed by atoms with Gasteiger partial charge in [-0.15, -0.1) is 0 Å². The zero-order chi connectivity index (χ0) is 22.0. The van der Waals surface area contributed by atoms with Crippen LogP contribution in [0.5, 0.6) is 0 Å². The predicted octanol–water partition coefficient (Wildman–Crippen LogP) is 5.88. The Morgan fingerprint density at radius 3 is 2.57 bits per heavy atom. The van der Waals surface area contributed by atoms with Crippen LogP contribution in [0, 0.1) is 23.2 Å². The molecule has 5 atom stereocenters. The van der Waals surface area contributed by atoms with Crippen LogP contribution < -0.4 is 0 Å². The summed E-state index contributed by atoms with van der Waals surface area (Å²) in [6, 6.07) is 0. The molecule has 3 N–H and O–H groups in total. The summed E-state index contributed by atoms with van der Waals surface area (Å²) in [5.74, 6) is -0.00872. The largest absolute Gasteiger partial charge is 0.481 e. The van der Waals surface area contributed by atoms with E-state index in [1.165, 1.54) is 32.1 Å². The van der Waals surface area contributed by atoms with Crippen LogP contribution >= 0.6 is 0 Å². The molecule has 2 unspecified atom stereocenters. The quantitative estimate of drug-likeness (QED) is 0.242. The fourth-order valence-corrected chi connectivity index (χ4v) is 5.24. The van der Waals surface area contributed by atoms with E-state index in [4.69, 9.17) is 5.11 Å². The molecule has 2 aliphatic carbocycles. The minimum Gasteiger partial charge on any atom is -0.481 e. The van der Waals surface area contributed by atoms with E-state index in [1.807, 2.05) is 13.0 Å². The van der Waals surface area contributed by atoms with Crippen molar-refractivity contribution in [2.24, 2.45) is 23.2 Å². The third-order valence-corrected chi connectivity index (χ3v) is 7.57. The summed E-state index contributed by atoms with van der Waals surface area (Å²) in [6.45, 7) is 4.27. The van der Waals surface area contributed by atoms with Crippen LogP contribution in [0.2, 0.25) is 0 Å². The summed E-state index contributed by atoms with van der Waals surface area (Å²) < 4.78 is 0. The molecule has 2 saturated carbocycles. The van der Waals surface area contributed by atoms with Gasteiger partial charge in [-0.25, -0.2) is 0 Å². The SMILES string of the molecule is CCCCCCC1(C(O)C=C[C@H]2CC[C@H](O)[C@@H]2CC=CC(C)CCC(=O)O)CCC1. The smallest absolute Gasteiger partial charge is 0.303 e. The summed E-state index contributed by atoms with van der Waals surface area (Å²) in [5, 5.41) is 30.2. The van der Waals surface area contributed by atoms with Gasteiger partial charge in [-0.2, -0.15) is 0 Å². The number of aliphatic carboxylic acids is 1. The number of carboxylic acids is 1. The summed E-state index contributed by atoms with van der Waals surface area (Å²) >= 11 is 0. The molecular formula is C26H44O4. The number of hydrogen-bond acceptors (Lipinski definition) is 3. The minimum atomic E-state index is -0.750. The topological polar surface area (TPSA) is 77.8 Å². The number of allylic oxidation sites excluding steroid dienone is 3. The number of aliphatic hydroxyl groups excluding tert-OH is 2. The van der Waals surface area contributed by atoms with E-state index in [2.05, 4.69) is 25.2 Å². The molecule has 0 saturated heterocycles. The molecule has 0 radical (unpaired) electrons. The van der Waals surface area contributed by atoms with E-state index in [0.29, 0.717) is 12.3 Å². The number of aliphatic hydroxyl groups is 2. The number of hydrogen-bond donors (Lipinski definition) is 3. The molecule has 0 aromatic heterocycles. The Morgan fingerprint density at radius 1 is 1.17 bits per heavy atom. The fourth-order valence-electron chi connectivity index (χ4n) is 5.24. The average molecular weight is 421 g/mol. The van der Waals surface area contributed by atoms with Crippen LogP contribution in [-0.4, -0.2) is 33.5 Å². The highest BCUT2D eigenvalue weighted by atomic mass is 16.4. The molecule has 2 rings (SSSR count). The van der Waals surface area contributed by atoms with Crippen molar-refractivity contribution in [1.82, 2.24) is 0 Å². The molecule has 0 heterocycles. The summed E-state index contributed by atoms with van der Waals surface area (Å²) in [4.78, 5) is 10.7. The van der Waals surface area contributed by atoms with E-state index >= 15 is 0 Å². The summed E-state index contributed by atoms with van der Waals surface area (Å²) in [5.41, 5.74) is 0.0937. The van der Waals surface area contributed by atoms with E-state index in [0.717, 1.165) is 38.5 Å². The van der Waals surface area contributed by atoms with Crippen molar-refractivity contribution >= 4 is 5.97 Å². The van der Waals surface area contributed by atoms with Crippen LogP contribution in [0.25, 0.3) is 0 Å². The van der Waals surface area contributed by atoms with E-state index in [-0.39, 0.29) is 35.9 Å². The van der Waals surface area contributed by atoms with Crippen molar-refractivity contribution in [3.63, 3.8) is 0 Å². The second-order valence-electron chi connectivity index (χ2n) is 9.90. The maximum Gasteiger partial charge on any atom is 0.303 e. The molecule has 0 bridgehead atoms. The lowest BCUT2D eigenvalue weighted by molar-refractivity contribution is -0.137. The monoisotopic (exact) mass is 420 g/mol. The first-order valence-electron chi connectivity index (χ1n) is 12.3. The highest BCUT2D eigenvalue weighted by molar-refractivity contribution is 5.66. The third-order valence-electron chi connectivity index (χ3n) is 7.57. The Hall–Kier alpha value is -1.13. The van der Waals surface area contributed by atoms with Gasteiger partial charge in [-0.05, 0) is 68.1 Å². The lowest BCUT2D eigenvalue weighted by Gasteiger charge is -2.45. The van der Waals surface area contributed by atoms with Crippen molar-refractivity contribution in [1.29, 1.82) is 0 Å². The second-order valence-corrected chi connectivity index (χ2v) is 9.90. The van der Waals surface area contributed by atoms with Crippen molar-refractivity contribution in [2.45, 2.75) is 110 Å². The van der Waals surface area contributed by atoms with Gasteiger partial charge in [0.05, 0.1) is 12.2 Å². The van der Waals surface area contributed by atoms with Gasteiger partial charge in [0, 0.05) is 6.42 Å². The normalized spacial score (nSPS) is 28.1. The Balaban J connectivity index is 1.85. The molecular weight excluding hydrogens is 376 g/mol. The van der Waals surface area contributed by atoms with Gasteiger partial charge in [0.25, 0.3) is 0 Å². The minimum absolute atomic E-state index is 0.0937. The predicted molar refractivity (Wildman–Crippen MR) is 122 cm³/mol. The van der Waals surface area contributed by atoms with Crippen LogP contribution in [0.15, 0.2) is 24.3 Å². The van der Waals surface area contributed by atoms with E-state index in [9.17, 15) is 15.0 Å². The Morgan fingerprint density at radius 2 is 1.93 bits per heavy atom. The Kier molecular flexibility index (Phi) is 10.6. The first-order chi connectivity index (χ1) is 14.4. The fraction of sp³-hybridized carbons (Fsp3) is 0.808. The van der Waals surface area contributed by atoms with Crippen LogP contribution in [0.1, 0.15) is 97.3 Å². The molecule has 0 aromatic rings. The highest BCUT2D eigenvalue weighted by Gasteiger charge is 2.42. The molecule has 0 aromatic carbocycles. The van der Waals surface area contributed by atoms with Crippen molar-refractivity contribution in [3.05, 3.63) is 24.3 Å². The van der Waals surface area contributed by atoms with Gasteiger partial charge >= 0.3 is 5.97 Å². The van der Waals surface area contributed by atoms with Crippen molar-refractivity contribution < 1.29 is 20.1 Å². The molecule has 4 nitrogen and oxygen atoms in total. The summed E-state index contributed by atoms with van der Waals surface area (Å²) in [6.07, 6.45) is 20.9. The van der Waals surface area contributed by atoms with Gasteiger partial charge in [-0.1, -0.05) is 70.3 Å². The molecule has 172 valence electrons. The number of carbonyl (C=O) groups is 1. The molecule has 2 fully saturated rings. The lowest BCUT2D eigenvalue weighted by atomic mass is 9.62. The molecule has 0 spiro atoms. The molecule has 0 amide bonds. The standard InChI is InChI=1S/C26H44O4/c1-3-4-5-6-17-26(18-8-19-26)24(28)15-13-21-12-14-23(27)22(21)10-7-9-20(2)11-16-25(29)30/h7,9,13,15,20-24,27-28H,3-6,8,10-12,14,16-19H2,1-2H3,(H,29,30)/t20?,21-,22-,23+,24?/m1/s1. The van der Waals surface area contributed by atoms with Crippen LogP contribution in [-0.2, 0) is 4.79 Å². The van der Waals surface area contributed by atoms with Crippen molar-refractivity contribution in [3.8, 4) is 0 Å². The van der Waals surface area contributed by atoms with Gasteiger partial charge in [-0.3, -0.25) is 4.79 Å². The van der Waals surface area contributed by atoms with Crippen LogP contribution in [0.3, 0.4) is 0 Å². The number of unbranched alkanes of at least 4 members (excludes halogenated alkanes) is 3. The van der Waals surface area contributed by atoms with E-state index < -0.39 is 5.97 Å². The maximum atomic E-state index is 10.9. The lowest BCUT2D eigenvalue weighted by Crippen LogP contribution is -2.40. The molecule has 0 aliphatic heterocycles. The summed E-state index contributed by atoms with van der Waals surface area (Å²) in [7, 11) is 0. The zero-order valence-corrected chi connectivity index (χ0v) is 19.1. The number of rotatable bonds is 14. The maximum absolute atomic E-state index is 10.9. The first kappa shape index (κ1) is 25.1. The third kappa shape index (κ3) is 7.53. The van der Waals surface area contributed by atoms with Crippen LogP contribution in [0.4, 0.5) is 0 Å². The first-order valence-corrected chi connectivity index (χ1v) is 12.3. The Labute approximate surface area is 183 Å². The van der Waals surface area contributed by atoms with Gasteiger partial charge in [0.1, 0.15) is 0 Å². The highest BCUT2D eigenvalue weighted by Crippen LogP contribution is 2.49. The van der Waals surface area contributed by atoms with Gasteiger partial charge in [0.2, 0.25) is 0 Å². The number of carboxylic acid groups (broad SMARTS) is 1. The van der Waals surface area contributed by atoms with Gasteiger partial charge < -0.3 is 15.3 Å². The van der Waals surface area contributed by atoms with E-state index in [1.54, 1.807) is 0 Å². The molecule has 30 heavy (non-hydrogen) atoms. The van der Waals surface area contributed by atoms with Crippen molar-refractivity contribution in [2.75, 3.05) is 0 Å². The average Bonchev–Trinajstić information content (AvgIpc) is 3.03. The van der Waals surface area contributed by atoms with Gasteiger partial charge in [0.15, 0.2) is 0 Å². The Bertz CT molecular complexity index is 563. The molecule has 2 aliphatic rings.